The van der Waals surface area contributed by atoms with Crippen LogP contribution >= 0.6 is 23.2 Å². The minimum Gasteiger partial charge on any atom is -0.505 e. The van der Waals surface area contributed by atoms with E-state index in [1.54, 1.807) is 49.4 Å². The molecule has 9 nitrogen and oxygen atoms in total. The molecule has 0 atom stereocenters. The number of phenols is 1. The third kappa shape index (κ3) is 5.58. The summed E-state index contributed by atoms with van der Waals surface area (Å²) >= 11 is 12.4. The Kier molecular flexibility index (Phi) is 7.89. The van der Waals surface area contributed by atoms with Crippen molar-refractivity contribution < 1.29 is 27.6 Å². The van der Waals surface area contributed by atoms with Gasteiger partial charge in [0, 0.05) is 11.5 Å². The number of halogens is 2. The van der Waals surface area contributed by atoms with Crippen LogP contribution in [0, 0.1) is 6.92 Å². The van der Waals surface area contributed by atoms with Gasteiger partial charge in [0.1, 0.15) is 22.0 Å². The highest BCUT2D eigenvalue weighted by Gasteiger charge is 2.23. The standard InChI is InChI=1S/C26H21Cl2N3O6S/c1-3-37-16-9-10-19(27)21(13-16)29-26(33)18-12-15-6-4-5-7-17(15)23(24(18)32)31-30-20-11-8-14(2)22(28)25(20)38(34,35)36/h4-13,32H,3H2,1-2H3,(H,29,33)(H,34,35,36). The van der Waals surface area contributed by atoms with E-state index in [-0.39, 0.29) is 32.7 Å². The molecule has 0 fully saturated rings. The van der Waals surface area contributed by atoms with Crippen molar-refractivity contribution in [2.75, 3.05) is 11.9 Å². The predicted molar refractivity (Wildman–Crippen MR) is 146 cm³/mol. The zero-order chi connectivity index (χ0) is 27.6. The monoisotopic (exact) mass is 573 g/mol. The van der Waals surface area contributed by atoms with Gasteiger partial charge in [-0.1, -0.05) is 53.5 Å². The van der Waals surface area contributed by atoms with Crippen LogP contribution in [0.5, 0.6) is 11.5 Å². The molecule has 0 aliphatic carbocycles. The number of anilines is 1. The number of hydrogen-bond donors (Lipinski definition) is 3. The predicted octanol–water partition coefficient (Wildman–Crippen LogP) is 7.47. The molecule has 0 aromatic heterocycles. The number of nitrogens with one attached hydrogen (secondary N) is 1. The molecule has 0 heterocycles. The van der Waals surface area contributed by atoms with Crippen LogP contribution in [0.1, 0.15) is 22.8 Å². The Morgan fingerprint density at radius 1 is 1.05 bits per heavy atom. The number of hydrogen-bond acceptors (Lipinski definition) is 7. The molecule has 4 aromatic rings. The number of carbonyl (C=O) groups is 1. The van der Waals surface area contributed by atoms with Gasteiger partial charge in [-0.05, 0) is 49.1 Å². The minimum absolute atomic E-state index is 0.0969. The maximum Gasteiger partial charge on any atom is 0.298 e. The third-order valence-electron chi connectivity index (χ3n) is 5.52. The summed E-state index contributed by atoms with van der Waals surface area (Å²) in [5.41, 5.74) is 0.191. The zero-order valence-electron chi connectivity index (χ0n) is 20.1. The zero-order valence-corrected chi connectivity index (χ0v) is 22.4. The molecule has 4 rings (SSSR count). The normalized spacial score (nSPS) is 11.7. The van der Waals surface area contributed by atoms with E-state index >= 15 is 0 Å². The Labute approximate surface area is 228 Å². The van der Waals surface area contributed by atoms with E-state index in [9.17, 15) is 22.9 Å². The summed E-state index contributed by atoms with van der Waals surface area (Å²) in [5, 5.41) is 22.8. The quantitative estimate of drug-likeness (QED) is 0.155. The molecular formula is C26H21Cl2N3O6S. The molecule has 0 aliphatic heterocycles. The summed E-state index contributed by atoms with van der Waals surface area (Å²) < 4.78 is 39.1. The second-order valence-corrected chi connectivity index (χ2v) is 10.2. The van der Waals surface area contributed by atoms with Crippen LogP contribution in [0.4, 0.5) is 17.1 Å². The molecule has 12 heteroatoms. The second kappa shape index (κ2) is 11.0. The number of aromatic hydroxyl groups is 1. The summed E-state index contributed by atoms with van der Waals surface area (Å²) in [4.78, 5) is 12.6. The molecule has 196 valence electrons. The highest BCUT2D eigenvalue weighted by atomic mass is 35.5. The van der Waals surface area contributed by atoms with Crippen molar-refractivity contribution in [3.8, 4) is 11.5 Å². The van der Waals surface area contributed by atoms with Gasteiger partial charge in [-0.15, -0.1) is 10.2 Å². The minimum atomic E-state index is -4.75. The average Bonchev–Trinajstić information content (AvgIpc) is 2.86. The van der Waals surface area contributed by atoms with Gasteiger partial charge in [-0.25, -0.2) is 0 Å². The number of benzene rings is 4. The van der Waals surface area contributed by atoms with Gasteiger partial charge in [0.25, 0.3) is 16.0 Å². The molecule has 0 unspecified atom stereocenters. The van der Waals surface area contributed by atoms with Gasteiger partial charge in [0.05, 0.1) is 27.9 Å². The third-order valence-corrected chi connectivity index (χ3v) is 7.38. The van der Waals surface area contributed by atoms with Crippen LogP contribution in [-0.4, -0.2) is 30.6 Å². The first-order chi connectivity index (χ1) is 18.0. The fourth-order valence-electron chi connectivity index (χ4n) is 3.71. The van der Waals surface area contributed by atoms with Gasteiger partial charge >= 0.3 is 0 Å². The van der Waals surface area contributed by atoms with Gasteiger partial charge in [0.2, 0.25) is 0 Å². The maximum atomic E-state index is 13.2. The molecule has 38 heavy (non-hydrogen) atoms. The van der Waals surface area contributed by atoms with Crippen LogP contribution in [0.15, 0.2) is 75.8 Å². The van der Waals surface area contributed by atoms with E-state index in [2.05, 4.69) is 15.5 Å². The van der Waals surface area contributed by atoms with Crippen molar-refractivity contribution in [2.45, 2.75) is 18.7 Å². The molecule has 0 radical (unpaired) electrons. The van der Waals surface area contributed by atoms with Gasteiger partial charge < -0.3 is 15.2 Å². The van der Waals surface area contributed by atoms with E-state index in [1.165, 1.54) is 18.2 Å². The number of nitrogens with zero attached hydrogens (tertiary/aromatic N) is 2. The number of phenolic OH excluding ortho intramolecular Hbond substituents is 1. The van der Waals surface area contributed by atoms with E-state index in [0.29, 0.717) is 28.7 Å². The molecule has 0 spiro atoms. The highest BCUT2D eigenvalue weighted by Crippen LogP contribution is 2.41. The number of amides is 1. The fourth-order valence-corrected chi connectivity index (χ4v) is 5.09. The Morgan fingerprint density at radius 3 is 2.50 bits per heavy atom. The fraction of sp³-hybridized carbons (Fsp3) is 0.115. The van der Waals surface area contributed by atoms with Crippen molar-refractivity contribution in [3.05, 3.63) is 81.8 Å². The van der Waals surface area contributed by atoms with Crippen LogP contribution in [0.3, 0.4) is 0 Å². The lowest BCUT2D eigenvalue weighted by atomic mass is 10.0. The van der Waals surface area contributed by atoms with Crippen molar-refractivity contribution in [3.63, 3.8) is 0 Å². The molecule has 4 aromatic carbocycles. The van der Waals surface area contributed by atoms with Crippen LogP contribution in [0.2, 0.25) is 10.0 Å². The molecule has 1 amide bonds. The van der Waals surface area contributed by atoms with Crippen molar-refractivity contribution >= 4 is 67.1 Å². The first-order valence-electron chi connectivity index (χ1n) is 11.2. The smallest absolute Gasteiger partial charge is 0.298 e. The Hall–Kier alpha value is -3.70. The summed E-state index contributed by atoms with van der Waals surface area (Å²) in [5.74, 6) is -0.693. The highest BCUT2D eigenvalue weighted by molar-refractivity contribution is 7.86. The van der Waals surface area contributed by atoms with Crippen molar-refractivity contribution in [1.82, 2.24) is 0 Å². The topological polar surface area (TPSA) is 138 Å². The molecule has 0 saturated heterocycles. The number of azo groups is 1. The number of ether oxygens (including phenoxy) is 1. The van der Waals surface area contributed by atoms with Crippen LogP contribution in [-0.2, 0) is 10.1 Å². The lowest BCUT2D eigenvalue weighted by molar-refractivity contribution is 0.102. The molecule has 0 saturated carbocycles. The van der Waals surface area contributed by atoms with Gasteiger partial charge in [-0.3, -0.25) is 9.35 Å². The Morgan fingerprint density at radius 2 is 1.79 bits per heavy atom. The van der Waals surface area contributed by atoms with Crippen LogP contribution < -0.4 is 10.1 Å². The SMILES string of the molecule is CCOc1ccc(Cl)c(NC(=O)c2cc3ccccc3c(N=Nc3ccc(C)c(Cl)c3S(=O)(=O)O)c2O)c1. The number of carbonyl (C=O) groups excluding carboxylic acids is 1. The molecular weight excluding hydrogens is 553 g/mol. The molecule has 0 bridgehead atoms. The van der Waals surface area contributed by atoms with Crippen molar-refractivity contribution in [2.24, 2.45) is 10.2 Å². The lowest BCUT2D eigenvalue weighted by Crippen LogP contribution is -2.12. The van der Waals surface area contributed by atoms with E-state index in [0.717, 1.165) is 0 Å². The first-order valence-corrected chi connectivity index (χ1v) is 13.4. The maximum absolute atomic E-state index is 13.2. The van der Waals surface area contributed by atoms with Gasteiger partial charge in [0.15, 0.2) is 5.75 Å². The van der Waals surface area contributed by atoms with Gasteiger partial charge in [-0.2, -0.15) is 8.42 Å². The van der Waals surface area contributed by atoms with E-state index in [1.807, 2.05) is 6.92 Å². The Bertz CT molecular complexity index is 1710. The second-order valence-electron chi connectivity index (χ2n) is 8.09. The van der Waals surface area contributed by atoms with E-state index in [4.69, 9.17) is 27.9 Å². The molecule has 3 N–H and O–H groups in total. The largest absolute Gasteiger partial charge is 0.505 e. The lowest BCUT2D eigenvalue weighted by Gasteiger charge is -2.13. The summed E-state index contributed by atoms with van der Waals surface area (Å²) in [6.07, 6.45) is 0. The summed E-state index contributed by atoms with van der Waals surface area (Å²) in [6.45, 7) is 3.80. The van der Waals surface area contributed by atoms with E-state index < -0.39 is 26.7 Å². The molecule has 0 aliphatic rings. The summed E-state index contributed by atoms with van der Waals surface area (Å²) in [6, 6.07) is 15.9. The number of rotatable bonds is 7. The van der Waals surface area contributed by atoms with Crippen LogP contribution in [0.25, 0.3) is 10.8 Å². The Balaban J connectivity index is 1.82. The average molecular weight is 574 g/mol. The van der Waals surface area contributed by atoms with Crippen molar-refractivity contribution in [1.29, 1.82) is 0 Å². The number of fused-ring (bicyclic) bond motifs is 1. The first kappa shape index (κ1) is 27.3. The number of aryl methyl sites for hydroxylation is 1. The summed E-state index contributed by atoms with van der Waals surface area (Å²) in [7, 11) is -4.75.